The molecule has 0 aliphatic heterocycles. The van der Waals surface area contributed by atoms with Crippen molar-refractivity contribution in [3.63, 3.8) is 0 Å². The van der Waals surface area contributed by atoms with Gasteiger partial charge in [0.2, 0.25) is 0 Å². The van der Waals surface area contributed by atoms with Crippen LogP contribution in [0.3, 0.4) is 0 Å². The predicted molar refractivity (Wildman–Crippen MR) is 49.0 cm³/mol. The quantitative estimate of drug-likeness (QED) is 0.457. The molecule has 0 aromatic rings. The van der Waals surface area contributed by atoms with E-state index in [1.54, 1.807) is 12.2 Å². The molecule has 0 aromatic heterocycles. The first-order valence-electron chi connectivity index (χ1n) is 3.99. The van der Waals surface area contributed by atoms with Gasteiger partial charge in [0.15, 0.2) is 5.76 Å². The van der Waals surface area contributed by atoms with E-state index in [1.807, 2.05) is 13.0 Å². The second-order valence-corrected chi connectivity index (χ2v) is 2.31. The molecule has 12 heavy (non-hydrogen) atoms. The van der Waals surface area contributed by atoms with Crippen molar-refractivity contribution >= 4 is 0 Å². The summed E-state index contributed by atoms with van der Waals surface area (Å²) in [7, 11) is 0. The Hall–Kier alpha value is -1.18. The van der Waals surface area contributed by atoms with Gasteiger partial charge in [0, 0.05) is 13.3 Å². The van der Waals surface area contributed by atoms with Crippen LogP contribution < -0.4 is 0 Å². The Bertz CT molecular complexity index is 186. The zero-order valence-corrected chi connectivity index (χ0v) is 7.67. The van der Waals surface area contributed by atoms with Crippen LogP contribution in [0.25, 0.3) is 0 Å². The zero-order chi connectivity index (χ0) is 9.40. The van der Waals surface area contributed by atoms with Gasteiger partial charge in [-0.2, -0.15) is 0 Å². The molecule has 2 nitrogen and oxygen atoms in total. The lowest BCUT2D eigenvalue weighted by Crippen LogP contribution is -1.93. The molecule has 0 bridgehead atoms. The Morgan fingerprint density at radius 3 is 2.67 bits per heavy atom. The van der Waals surface area contributed by atoms with E-state index in [0.717, 1.165) is 0 Å². The summed E-state index contributed by atoms with van der Waals surface area (Å²) in [6, 6.07) is 0. The lowest BCUT2D eigenvalue weighted by Gasteiger charge is -2.04. The van der Waals surface area contributed by atoms with Crippen molar-refractivity contribution in [3.8, 4) is 0 Å². The Morgan fingerprint density at radius 1 is 1.58 bits per heavy atom. The third kappa shape index (κ3) is 4.61. The van der Waals surface area contributed by atoms with Gasteiger partial charge in [0.25, 0.3) is 0 Å². The molecule has 1 radical (unpaired) electrons. The highest BCUT2D eigenvalue weighted by atomic mass is 16.5. The summed E-state index contributed by atoms with van der Waals surface area (Å²) in [6.07, 6.45) is 5.92. The minimum Gasteiger partial charge on any atom is -0.490 e. The van der Waals surface area contributed by atoms with Crippen molar-refractivity contribution in [2.24, 2.45) is 0 Å². The highest BCUT2D eigenvalue weighted by Crippen LogP contribution is 2.07. The number of hydrogen-bond acceptors (Lipinski definition) is 1. The number of hydrogen-bond donors (Lipinski definition) is 0. The fourth-order valence-corrected chi connectivity index (χ4v) is 0.753. The van der Waals surface area contributed by atoms with Crippen molar-refractivity contribution in [1.82, 2.24) is 0 Å². The van der Waals surface area contributed by atoms with Crippen LogP contribution in [0.2, 0.25) is 0 Å². The third-order valence-corrected chi connectivity index (χ3v) is 1.34. The Balaban J connectivity index is 3.82. The Labute approximate surface area is 73.9 Å². The summed E-state index contributed by atoms with van der Waals surface area (Å²) in [4.78, 5) is 0. The molecule has 0 aromatic carbocycles. The molecule has 0 atom stereocenters. The smallest absolute Gasteiger partial charge is 0.190 e. The van der Waals surface area contributed by atoms with Gasteiger partial charge in [-0.1, -0.05) is 25.7 Å². The normalized spacial score (nSPS) is 12.8. The van der Waals surface area contributed by atoms with Crippen molar-refractivity contribution in [3.05, 3.63) is 36.3 Å². The van der Waals surface area contributed by atoms with E-state index >= 15 is 0 Å². The van der Waals surface area contributed by atoms with Crippen LogP contribution in [0.4, 0.5) is 0 Å². The molecule has 0 saturated carbocycles. The lowest BCUT2D eigenvalue weighted by atomic mass is 10.3. The molecule has 2 heteroatoms. The average molecular weight is 167 g/mol. The molecule has 0 rings (SSSR count). The van der Waals surface area contributed by atoms with Crippen molar-refractivity contribution in [1.29, 1.82) is 0 Å². The van der Waals surface area contributed by atoms with E-state index in [2.05, 4.69) is 6.58 Å². The van der Waals surface area contributed by atoms with Crippen LogP contribution in [-0.2, 0) is 9.84 Å². The molecule has 0 fully saturated rings. The predicted octanol–water partition coefficient (Wildman–Crippen LogP) is 2.82. The van der Waals surface area contributed by atoms with Crippen LogP contribution in [-0.4, -0.2) is 6.61 Å². The molecular formula is C10H15O2. The molecule has 0 spiro atoms. The first kappa shape index (κ1) is 10.8. The average Bonchev–Trinajstić information content (AvgIpc) is 2.04. The second-order valence-electron chi connectivity index (χ2n) is 2.31. The largest absolute Gasteiger partial charge is 0.490 e. The summed E-state index contributed by atoms with van der Waals surface area (Å²) in [5.41, 5.74) is 0. The molecule has 0 aliphatic carbocycles. The summed E-state index contributed by atoms with van der Waals surface area (Å²) in [5.74, 6) is 0.535. The topological polar surface area (TPSA) is 29.1 Å². The summed E-state index contributed by atoms with van der Waals surface area (Å²) in [6.45, 7) is 7.36. The highest BCUT2D eigenvalue weighted by Gasteiger charge is 1.99. The maximum atomic E-state index is 10.8. The molecule has 0 unspecified atom stereocenters. The summed E-state index contributed by atoms with van der Waals surface area (Å²) in [5, 5.41) is 10.8. The van der Waals surface area contributed by atoms with Crippen LogP contribution in [0, 0.1) is 0 Å². The molecule has 0 amide bonds. The molecule has 67 valence electrons. The maximum absolute atomic E-state index is 10.8. The van der Waals surface area contributed by atoms with Gasteiger partial charge >= 0.3 is 0 Å². The highest BCUT2D eigenvalue weighted by molar-refractivity contribution is 5.00. The van der Waals surface area contributed by atoms with Crippen molar-refractivity contribution in [2.75, 3.05) is 6.61 Å². The summed E-state index contributed by atoms with van der Waals surface area (Å²) >= 11 is 0. The lowest BCUT2D eigenvalue weighted by molar-refractivity contribution is 0.190. The zero-order valence-electron chi connectivity index (χ0n) is 7.67. The SMILES string of the molecule is C=CC=CCOC(CC)=C(C)[O]. The summed E-state index contributed by atoms with van der Waals surface area (Å²) < 4.78 is 5.19. The second kappa shape index (κ2) is 6.53. The van der Waals surface area contributed by atoms with E-state index < -0.39 is 0 Å². The molecule has 0 saturated heterocycles. The van der Waals surface area contributed by atoms with Gasteiger partial charge < -0.3 is 4.74 Å². The van der Waals surface area contributed by atoms with E-state index in [4.69, 9.17) is 4.74 Å². The van der Waals surface area contributed by atoms with Crippen LogP contribution in [0.1, 0.15) is 20.3 Å². The number of ether oxygens (including phenoxy) is 1. The monoisotopic (exact) mass is 167 g/mol. The Morgan fingerprint density at radius 2 is 2.25 bits per heavy atom. The van der Waals surface area contributed by atoms with E-state index in [9.17, 15) is 5.11 Å². The maximum Gasteiger partial charge on any atom is 0.190 e. The van der Waals surface area contributed by atoms with Gasteiger partial charge in [0.1, 0.15) is 12.4 Å². The van der Waals surface area contributed by atoms with E-state index in [-0.39, 0.29) is 5.76 Å². The van der Waals surface area contributed by atoms with E-state index in [0.29, 0.717) is 18.8 Å². The Kier molecular flexibility index (Phi) is 5.88. The van der Waals surface area contributed by atoms with Gasteiger partial charge in [-0.25, -0.2) is 0 Å². The van der Waals surface area contributed by atoms with Gasteiger partial charge in [-0.3, -0.25) is 5.11 Å². The number of rotatable bonds is 5. The van der Waals surface area contributed by atoms with Crippen LogP contribution in [0.15, 0.2) is 36.3 Å². The molecule has 0 heterocycles. The fraction of sp³-hybridized carbons (Fsp3) is 0.400. The fourth-order valence-electron chi connectivity index (χ4n) is 0.753. The van der Waals surface area contributed by atoms with Crippen LogP contribution in [0.5, 0.6) is 0 Å². The first-order valence-corrected chi connectivity index (χ1v) is 3.99. The molecular weight excluding hydrogens is 152 g/mol. The standard InChI is InChI=1S/C10H15O2/c1-4-6-7-8-12-10(5-2)9(3)11/h4,6-7H,1,5,8H2,2-3H3. The van der Waals surface area contributed by atoms with Gasteiger partial charge in [-0.05, 0) is 6.08 Å². The molecule has 0 aliphatic rings. The third-order valence-electron chi connectivity index (χ3n) is 1.34. The first-order chi connectivity index (χ1) is 5.72. The molecule has 0 N–H and O–H groups in total. The van der Waals surface area contributed by atoms with Gasteiger partial charge in [-0.15, -0.1) is 0 Å². The minimum atomic E-state index is 0.00417. The number of allylic oxidation sites excluding steroid dienone is 4. The van der Waals surface area contributed by atoms with Gasteiger partial charge in [0.05, 0.1) is 0 Å². The van der Waals surface area contributed by atoms with Crippen molar-refractivity contribution in [2.45, 2.75) is 20.3 Å². The van der Waals surface area contributed by atoms with E-state index in [1.165, 1.54) is 6.92 Å². The van der Waals surface area contributed by atoms with Crippen molar-refractivity contribution < 1.29 is 9.84 Å². The van der Waals surface area contributed by atoms with Crippen LogP contribution >= 0.6 is 0 Å². The minimum absolute atomic E-state index is 0.00417.